The highest BCUT2D eigenvalue weighted by molar-refractivity contribution is 7.17. The van der Waals surface area contributed by atoms with Crippen molar-refractivity contribution < 1.29 is 28.6 Å². The maximum absolute atomic E-state index is 12.9. The van der Waals surface area contributed by atoms with E-state index in [-0.39, 0.29) is 46.2 Å². The van der Waals surface area contributed by atoms with Crippen molar-refractivity contribution in [3.8, 4) is 0 Å². The van der Waals surface area contributed by atoms with Crippen LogP contribution in [-0.4, -0.2) is 84.5 Å². The zero-order valence-electron chi connectivity index (χ0n) is 22.3. The summed E-state index contributed by atoms with van der Waals surface area (Å²) in [4.78, 5) is 52.0. The number of amides is 2. The van der Waals surface area contributed by atoms with E-state index < -0.39 is 18.1 Å². The molecule has 0 saturated carbocycles. The first-order chi connectivity index (χ1) is 18.2. The van der Waals surface area contributed by atoms with E-state index in [4.69, 9.17) is 25.8 Å². The quantitative estimate of drug-likeness (QED) is 0.259. The van der Waals surface area contributed by atoms with E-state index in [1.807, 2.05) is 18.7 Å². The minimum Gasteiger partial charge on any atom is -0.462 e. The number of rotatable bonds is 12. The number of hydrogen-bond acceptors (Lipinski definition) is 10. The van der Waals surface area contributed by atoms with Crippen LogP contribution < -0.4 is 15.5 Å². The standard InChI is InChI=1S/C24H35ClN6O6S/c1-6-11-37-16-12-31(10-9-15(16)28-22(33)20-27-14(7-2)19(25)30-20)24-29-17(21(32)26-13(4)35-5)18(38-24)23(34)36-8-3/h13,15-16H,6-12H2,1-5H3,(H,26,32)(H,27,30)(H,28,33). The summed E-state index contributed by atoms with van der Waals surface area (Å²) in [6.45, 7) is 8.88. The smallest absolute Gasteiger partial charge is 0.350 e. The summed E-state index contributed by atoms with van der Waals surface area (Å²) >= 11 is 7.19. The summed E-state index contributed by atoms with van der Waals surface area (Å²) in [6.07, 6.45) is 1.06. The van der Waals surface area contributed by atoms with E-state index in [1.165, 1.54) is 7.11 Å². The molecule has 0 bridgehead atoms. The fourth-order valence-corrected chi connectivity index (χ4v) is 5.16. The molecular formula is C24H35ClN6O6S. The first-order valence-electron chi connectivity index (χ1n) is 12.7. The average molecular weight is 571 g/mol. The highest BCUT2D eigenvalue weighted by Crippen LogP contribution is 2.30. The zero-order chi connectivity index (χ0) is 27.8. The third-order valence-electron chi connectivity index (χ3n) is 5.96. The number of methoxy groups -OCH3 is 1. The van der Waals surface area contributed by atoms with Crippen LogP contribution in [0.1, 0.15) is 77.0 Å². The Bertz CT molecular complexity index is 1120. The number of aromatic amines is 1. The van der Waals surface area contributed by atoms with Crippen LogP contribution in [0.15, 0.2) is 0 Å². The largest absolute Gasteiger partial charge is 0.462 e. The molecule has 1 saturated heterocycles. The number of nitrogens with zero attached hydrogens (tertiary/aromatic N) is 3. The van der Waals surface area contributed by atoms with Gasteiger partial charge in [0, 0.05) is 26.8 Å². The number of thiazole rings is 1. The SMILES string of the molecule is CCCOC1CN(c2nc(C(=O)NC(C)OC)c(C(=O)OCC)s2)CCC1NC(=O)c1nc(Cl)c(CC)[nH]1. The Morgan fingerprint density at radius 2 is 2.00 bits per heavy atom. The number of ether oxygens (including phenoxy) is 3. The summed E-state index contributed by atoms with van der Waals surface area (Å²) in [7, 11) is 1.46. The highest BCUT2D eigenvalue weighted by atomic mass is 35.5. The summed E-state index contributed by atoms with van der Waals surface area (Å²) in [5.74, 6) is -1.35. The van der Waals surface area contributed by atoms with Crippen molar-refractivity contribution >= 4 is 45.9 Å². The third kappa shape index (κ3) is 7.22. The van der Waals surface area contributed by atoms with Gasteiger partial charge in [0.15, 0.2) is 21.8 Å². The number of carbonyl (C=O) groups excluding carboxylic acids is 3. The molecule has 2 aromatic rings. The lowest BCUT2D eigenvalue weighted by molar-refractivity contribution is 0.0204. The number of halogens is 1. The molecular weight excluding hydrogens is 536 g/mol. The van der Waals surface area contributed by atoms with Gasteiger partial charge in [-0.25, -0.2) is 14.8 Å². The van der Waals surface area contributed by atoms with Gasteiger partial charge in [-0.2, -0.15) is 0 Å². The normalized spacial score (nSPS) is 18.2. The number of H-pyrrole nitrogens is 1. The van der Waals surface area contributed by atoms with E-state index in [2.05, 4.69) is 25.6 Å². The molecule has 14 heteroatoms. The van der Waals surface area contributed by atoms with Crippen molar-refractivity contribution in [2.24, 2.45) is 0 Å². The van der Waals surface area contributed by atoms with Gasteiger partial charge in [-0.05, 0) is 33.1 Å². The number of nitrogens with one attached hydrogen (secondary N) is 3. The maximum atomic E-state index is 12.9. The first kappa shape index (κ1) is 29.8. The van der Waals surface area contributed by atoms with Crippen LogP contribution in [0.3, 0.4) is 0 Å². The van der Waals surface area contributed by atoms with Crippen molar-refractivity contribution in [2.75, 3.05) is 38.3 Å². The Labute approximate surface area is 230 Å². The molecule has 2 amide bonds. The van der Waals surface area contributed by atoms with Gasteiger partial charge >= 0.3 is 5.97 Å². The minimum absolute atomic E-state index is 0.0183. The van der Waals surface area contributed by atoms with Gasteiger partial charge in [0.25, 0.3) is 11.8 Å². The molecule has 3 atom stereocenters. The molecule has 1 aliphatic rings. The molecule has 12 nitrogen and oxygen atoms in total. The van der Waals surface area contributed by atoms with Crippen LogP contribution in [0.4, 0.5) is 5.13 Å². The van der Waals surface area contributed by atoms with E-state index in [1.54, 1.807) is 13.8 Å². The van der Waals surface area contributed by atoms with E-state index in [9.17, 15) is 14.4 Å². The number of hydrogen-bond donors (Lipinski definition) is 3. The third-order valence-corrected chi connectivity index (χ3v) is 7.37. The lowest BCUT2D eigenvalue weighted by atomic mass is 10.0. The molecule has 38 heavy (non-hydrogen) atoms. The Kier molecular flexibility index (Phi) is 10.9. The molecule has 1 aliphatic heterocycles. The fraction of sp³-hybridized carbons (Fsp3) is 0.625. The van der Waals surface area contributed by atoms with Gasteiger partial charge in [-0.3, -0.25) is 9.59 Å². The Morgan fingerprint density at radius 1 is 1.24 bits per heavy atom. The van der Waals surface area contributed by atoms with Crippen LogP contribution in [0.25, 0.3) is 0 Å². The highest BCUT2D eigenvalue weighted by Gasteiger charge is 2.35. The monoisotopic (exact) mass is 570 g/mol. The average Bonchev–Trinajstić information content (AvgIpc) is 3.52. The summed E-state index contributed by atoms with van der Waals surface area (Å²) in [5.41, 5.74) is 0.682. The number of aryl methyl sites for hydroxylation is 1. The number of carbonyl (C=O) groups is 3. The van der Waals surface area contributed by atoms with Crippen LogP contribution >= 0.6 is 22.9 Å². The molecule has 1 fully saturated rings. The van der Waals surface area contributed by atoms with Gasteiger partial charge in [-0.15, -0.1) is 0 Å². The van der Waals surface area contributed by atoms with Gasteiger partial charge < -0.3 is 34.7 Å². The lowest BCUT2D eigenvalue weighted by Crippen LogP contribution is -2.55. The first-order valence-corrected chi connectivity index (χ1v) is 13.8. The number of piperidine rings is 1. The van der Waals surface area contributed by atoms with Crippen LogP contribution in [0.2, 0.25) is 5.15 Å². The summed E-state index contributed by atoms with van der Waals surface area (Å²) in [5, 5.41) is 6.45. The van der Waals surface area contributed by atoms with Crippen molar-refractivity contribution in [3.63, 3.8) is 0 Å². The lowest BCUT2D eigenvalue weighted by Gasteiger charge is -2.38. The molecule has 0 aliphatic carbocycles. The molecule has 0 spiro atoms. The van der Waals surface area contributed by atoms with Gasteiger partial charge in [0.2, 0.25) is 0 Å². The van der Waals surface area contributed by atoms with Gasteiger partial charge in [-0.1, -0.05) is 36.8 Å². The van der Waals surface area contributed by atoms with Crippen LogP contribution in [0.5, 0.6) is 0 Å². The second-order valence-corrected chi connectivity index (χ2v) is 10.0. The summed E-state index contributed by atoms with van der Waals surface area (Å²) < 4.78 is 16.4. The van der Waals surface area contributed by atoms with Gasteiger partial charge in [0.1, 0.15) is 11.1 Å². The molecule has 3 heterocycles. The van der Waals surface area contributed by atoms with Crippen molar-refractivity contribution in [2.45, 2.75) is 65.3 Å². The van der Waals surface area contributed by atoms with E-state index in [0.29, 0.717) is 43.4 Å². The molecule has 2 aromatic heterocycles. The number of anilines is 1. The van der Waals surface area contributed by atoms with Gasteiger partial charge in [0.05, 0.1) is 24.4 Å². The second-order valence-electron chi connectivity index (χ2n) is 8.68. The van der Waals surface area contributed by atoms with Crippen molar-refractivity contribution in [1.82, 2.24) is 25.6 Å². The molecule has 3 rings (SSSR count). The second kappa shape index (κ2) is 13.9. The zero-order valence-corrected chi connectivity index (χ0v) is 23.8. The predicted molar refractivity (Wildman–Crippen MR) is 143 cm³/mol. The Morgan fingerprint density at radius 3 is 2.63 bits per heavy atom. The van der Waals surface area contributed by atoms with E-state index >= 15 is 0 Å². The van der Waals surface area contributed by atoms with Crippen LogP contribution in [-0.2, 0) is 20.6 Å². The number of aromatic nitrogens is 3. The fourth-order valence-electron chi connectivity index (χ4n) is 3.91. The molecule has 210 valence electrons. The summed E-state index contributed by atoms with van der Waals surface area (Å²) in [6, 6.07) is -0.283. The molecule has 0 aromatic carbocycles. The number of esters is 1. The molecule has 3 unspecified atom stereocenters. The van der Waals surface area contributed by atoms with Crippen molar-refractivity contribution in [1.29, 1.82) is 0 Å². The van der Waals surface area contributed by atoms with Crippen LogP contribution in [0, 0.1) is 0 Å². The predicted octanol–water partition coefficient (Wildman–Crippen LogP) is 2.78. The van der Waals surface area contributed by atoms with E-state index in [0.717, 1.165) is 17.8 Å². The Balaban J connectivity index is 1.80. The minimum atomic E-state index is -0.615. The number of imidazole rings is 1. The Hall–Kier alpha value is -2.74. The maximum Gasteiger partial charge on any atom is 0.350 e. The van der Waals surface area contributed by atoms with Crippen molar-refractivity contribution in [3.05, 3.63) is 27.2 Å². The molecule has 3 N–H and O–H groups in total. The molecule has 0 radical (unpaired) electrons. The topological polar surface area (TPSA) is 148 Å².